The summed E-state index contributed by atoms with van der Waals surface area (Å²) in [5.74, 6) is -0.0626. The number of nitrogens with one attached hydrogen (secondary N) is 1. The summed E-state index contributed by atoms with van der Waals surface area (Å²) in [4.78, 5) is 24.6. The van der Waals surface area contributed by atoms with Crippen LogP contribution in [0.5, 0.6) is 0 Å². The second kappa shape index (κ2) is 66.3. The lowest BCUT2D eigenvalue weighted by molar-refractivity contribution is -0.143. The van der Waals surface area contributed by atoms with Crippen molar-refractivity contribution in [2.24, 2.45) is 0 Å². The molecule has 0 aromatic rings. The van der Waals surface area contributed by atoms with Crippen LogP contribution in [-0.2, 0) is 14.3 Å². The zero-order chi connectivity index (χ0) is 55.7. The Balaban J connectivity index is 3.43. The maximum Gasteiger partial charge on any atom is 0.305 e. The number of carbonyl (C=O) groups is 2. The quantitative estimate of drug-likeness (QED) is 0.0320. The maximum atomic E-state index is 12.5. The number of amides is 1. The van der Waals surface area contributed by atoms with Crippen LogP contribution in [0, 0.1) is 0 Å². The average molecular weight is 1080 g/mol. The molecule has 0 spiro atoms. The summed E-state index contributed by atoms with van der Waals surface area (Å²) < 4.78 is 5.49. The molecule has 6 nitrogen and oxygen atoms in total. The molecule has 0 aliphatic rings. The molecule has 0 fully saturated rings. The Labute approximate surface area is 480 Å². The molecule has 0 aliphatic heterocycles. The molecule has 0 heterocycles. The minimum absolute atomic E-state index is 0.00699. The largest absolute Gasteiger partial charge is 0.466 e. The number of esters is 1. The van der Waals surface area contributed by atoms with Crippen LogP contribution in [0.2, 0.25) is 0 Å². The zero-order valence-corrected chi connectivity index (χ0v) is 51.7. The molecule has 2 unspecified atom stereocenters. The van der Waals surface area contributed by atoms with E-state index in [0.717, 1.165) is 51.4 Å². The van der Waals surface area contributed by atoms with Gasteiger partial charge in [0.2, 0.25) is 5.91 Å². The summed E-state index contributed by atoms with van der Waals surface area (Å²) in [6, 6.07) is -0.631. The van der Waals surface area contributed by atoms with Crippen molar-refractivity contribution >= 4 is 11.9 Å². The van der Waals surface area contributed by atoms with Crippen LogP contribution in [0.25, 0.3) is 0 Å². The van der Waals surface area contributed by atoms with Gasteiger partial charge in [-0.15, -0.1) is 0 Å². The number of hydrogen-bond donors (Lipinski definition) is 3. The topological polar surface area (TPSA) is 95.9 Å². The molecule has 452 valence electrons. The number of rotatable bonds is 64. The Morgan fingerprint density at radius 1 is 0.364 bits per heavy atom. The Hall–Kier alpha value is -2.18. The molecule has 0 saturated heterocycles. The van der Waals surface area contributed by atoms with Gasteiger partial charge in [0, 0.05) is 12.8 Å². The summed E-state index contributed by atoms with van der Waals surface area (Å²) in [5, 5.41) is 23.2. The third kappa shape index (κ3) is 62.9. The van der Waals surface area contributed by atoms with Gasteiger partial charge < -0.3 is 20.3 Å². The minimum atomic E-state index is -0.847. The molecular weight excluding hydrogens is 947 g/mol. The summed E-state index contributed by atoms with van der Waals surface area (Å²) in [6.45, 7) is 4.91. The van der Waals surface area contributed by atoms with Gasteiger partial charge in [-0.25, -0.2) is 0 Å². The van der Waals surface area contributed by atoms with Gasteiger partial charge in [0.25, 0.3) is 0 Å². The van der Waals surface area contributed by atoms with Crippen molar-refractivity contribution in [3.05, 3.63) is 48.6 Å². The second-order valence-electron chi connectivity index (χ2n) is 23.5. The fourth-order valence-electron chi connectivity index (χ4n) is 10.5. The summed E-state index contributed by atoms with van der Waals surface area (Å²) in [7, 11) is 0. The van der Waals surface area contributed by atoms with Crippen molar-refractivity contribution in [2.45, 2.75) is 379 Å². The molecule has 6 heteroatoms. The third-order valence-electron chi connectivity index (χ3n) is 15.8. The molecule has 0 aromatic heterocycles. The van der Waals surface area contributed by atoms with Gasteiger partial charge >= 0.3 is 5.97 Å². The molecule has 0 aliphatic carbocycles. The molecule has 3 N–H and O–H groups in total. The van der Waals surface area contributed by atoms with Crippen LogP contribution in [0.15, 0.2) is 48.6 Å². The first-order valence-electron chi connectivity index (χ1n) is 34.4. The first-order valence-corrected chi connectivity index (χ1v) is 34.4. The maximum absolute atomic E-state index is 12.5. The van der Waals surface area contributed by atoms with Crippen LogP contribution < -0.4 is 5.32 Å². The molecule has 0 aromatic carbocycles. The highest BCUT2D eigenvalue weighted by molar-refractivity contribution is 5.76. The number of carbonyl (C=O) groups excluding carboxylic acids is 2. The predicted molar refractivity (Wildman–Crippen MR) is 338 cm³/mol. The standard InChI is InChI=1S/C71H133NO5/c1-3-5-7-9-11-13-15-17-19-32-37-41-45-49-53-57-61-65-71(76)77-66-62-58-54-50-46-42-38-34-31-29-27-25-23-21-22-24-26-28-30-33-36-40-44-48-52-56-60-64-70(75)72-68(67-73)69(74)63-59-55-51-47-43-39-35-20-18-16-14-12-10-8-6-4-2/h17,19,21-22,25,27,59,63,68-69,73-74H,3-16,18,20,23-24,26,28-58,60-62,64-67H2,1-2H3,(H,72,75)/b19-17-,22-21-,27-25-,63-59+. The van der Waals surface area contributed by atoms with E-state index in [2.05, 4.69) is 55.6 Å². The number of aliphatic hydroxyl groups is 2. The van der Waals surface area contributed by atoms with E-state index < -0.39 is 12.1 Å². The van der Waals surface area contributed by atoms with Gasteiger partial charge in [0.15, 0.2) is 0 Å². The molecule has 0 saturated carbocycles. The average Bonchev–Trinajstić information content (AvgIpc) is 3.43. The number of hydrogen-bond acceptors (Lipinski definition) is 5. The van der Waals surface area contributed by atoms with E-state index >= 15 is 0 Å². The van der Waals surface area contributed by atoms with Crippen LogP contribution >= 0.6 is 0 Å². The molecule has 77 heavy (non-hydrogen) atoms. The molecule has 0 rings (SSSR count). The Bertz CT molecular complexity index is 1290. The highest BCUT2D eigenvalue weighted by atomic mass is 16.5. The van der Waals surface area contributed by atoms with Gasteiger partial charge in [-0.05, 0) is 89.9 Å². The van der Waals surface area contributed by atoms with Crippen LogP contribution in [0.1, 0.15) is 367 Å². The van der Waals surface area contributed by atoms with E-state index in [0.29, 0.717) is 19.4 Å². The number of unbranched alkanes of at least 4 members (excludes halogenated alkanes) is 47. The first kappa shape index (κ1) is 74.8. The third-order valence-corrected chi connectivity index (χ3v) is 15.8. The smallest absolute Gasteiger partial charge is 0.305 e. The van der Waals surface area contributed by atoms with Crippen LogP contribution in [-0.4, -0.2) is 47.4 Å². The van der Waals surface area contributed by atoms with E-state index in [1.807, 2.05) is 6.08 Å². The molecule has 2 atom stereocenters. The number of ether oxygens (including phenoxy) is 1. The zero-order valence-electron chi connectivity index (χ0n) is 51.7. The van der Waals surface area contributed by atoms with Gasteiger partial charge in [-0.1, -0.05) is 313 Å². The predicted octanol–water partition coefficient (Wildman–Crippen LogP) is 22.1. The SMILES string of the molecule is CCCCCCCC/C=C\CCCCCCCCCC(=O)OCCCCCCCCCCC/C=C\C/C=C\CCCCCCCCCCCCCC(=O)NC(CO)C(O)/C=C/CCCCCCCCCCCCCCCC. The van der Waals surface area contributed by atoms with E-state index in [1.54, 1.807) is 6.08 Å². The Kier molecular flexibility index (Phi) is 64.5. The van der Waals surface area contributed by atoms with E-state index in [4.69, 9.17) is 4.74 Å². The lowest BCUT2D eigenvalue weighted by Gasteiger charge is -2.20. The Morgan fingerprint density at radius 3 is 1.00 bits per heavy atom. The van der Waals surface area contributed by atoms with E-state index in [1.165, 1.54) is 289 Å². The van der Waals surface area contributed by atoms with Gasteiger partial charge in [0.05, 0.1) is 25.4 Å². The van der Waals surface area contributed by atoms with Crippen molar-refractivity contribution in [3.8, 4) is 0 Å². The summed E-state index contributed by atoms with van der Waals surface area (Å²) >= 11 is 0. The lowest BCUT2D eigenvalue weighted by atomic mass is 10.0. The van der Waals surface area contributed by atoms with E-state index in [-0.39, 0.29) is 18.5 Å². The van der Waals surface area contributed by atoms with Gasteiger partial charge in [0.1, 0.15) is 0 Å². The van der Waals surface area contributed by atoms with Gasteiger partial charge in [-0.3, -0.25) is 9.59 Å². The minimum Gasteiger partial charge on any atom is -0.466 e. The molecule has 0 bridgehead atoms. The highest BCUT2D eigenvalue weighted by Crippen LogP contribution is 2.17. The van der Waals surface area contributed by atoms with Crippen molar-refractivity contribution in [2.75, 3.05) is 13.2 Å². The summed E-state index contributed by atoms with van der Waals surface area (Å²) in [6.07, 6.45) is 86.0. The number of aliphatic hydroxyl groups excluding tert-OH is 2. The highest BCUT2D eigenvalue weighted by Gasteiger charge is 2.18. The monoisotopic (exact) mass is 1080 g/mol. The molecule has 0 radical (unpaired) electrons. The van der Waals surface area contributed by atoms with Crippen molar-refractivity contribution in [1.29, 1.82) is 0 Å². The summed E-state index contributed by atoms with van der Waals surface area (Å²) in [5.41, 5.74) is 0. The van der Waals surface area contributed by atoms with Crippen LogP contribution in [0.4, 0.5) is 0 Å². The number of allylic oxidation sites excluding steroid dienone is 7. The second-order valence-corrected chi connectivity index (χ2v) is 23.5. The van der Waals surface area contributed by atoms with Gasteiger partial charge in [-0.2, -0.15) is 0 Å². The van der Waals surface area contributed by atoms with Crippen molar-refractivity contribution < 1.29 is 24.5 Å². The lowest BCUT2D eigenvalue weighted by Crippen LogP contribution is -2.45. The Morgan fingerprint density at radius 2 is 0.649 bits per heavy atom. The normalized spacial score (nSPS) is 12.8. The molecule has 1 amide bonds. The van der Waals surface area contributed by atoms with Crippen molar-refractivity contribution in [3.63, 3.8) is 0 Å². The van der Waals surface area contributed by atoms with E-state index in [9.17, 15) is 19.8 Å². The fraction of sp³-hybridized carbons (Fsp3) is 0.859. The first-order chi connectivity index (χ1) is 38.0. The van der Waals surface area contributed by atoms with Crippen molar-refractivity contribution in [1.82, 2.24) is 5.32 Å². The van der Waals surface area contributed by atoms with Crippen LogP contribution in [0.3, 0.4) is 0 Å². The fourth-order valence-corrected chi connectivity index (χ4v) is 10.5. The molecular formula is C71H133NO5.